The van der Waals surface area contributed by atoms with Gasteiger partial charge in [0.15, 0.2) is 10.9 Å². The van der Waals surface area contributed by atoms with E-state index < -0.39 is 128 Å². The lowest BCUT2D eigenvalue weighted by Gasteiger charge is -2.35. The molecule has 7 rings (SSSR count). The normalized spacial score (nSPS) is 17.1. The fourth-order valence-electron chi connectivity index (χ4n) is 8.98. The van der Waals surface area contributed by atoms with Crippen molar-refractivity contribution < 1.29 is 68.9 Å². The van der Waals surface area contributed by atoms with Gasteiger partial charge >= 0.3 is 12.4 Å². The van der Waals surface area contributed by atoms with Gasteiger partial charge in [-0.2, -0.15) is 31.6 Å². The number of hydrogen-bond acceptors (Lipinski definition) is 12. The Hall–Kier alpha value is -7.14. The number of rotatable bonds is 17. The van der Waals surface area contributed by atoms with Crippen LogP contribution in [0.1, 0.15) is 81.8 Å². The van der Waals surface area contributed by atoms with Gasteiger partial charge in [0.1, 0.15) is 41.4 Å². The number of benzene rings is 3. The second kappa shape index (κ2) is 23.1. The first kappa shape index (κ1) is 58.5. The predicted molar refractivity (Wildman–Crippen MR) is 275 cm³/mol. The van der Waals surface area contributed by atoms with Crippen molar-refractivity contribution >= 4 is 63.7 Å². The van der Waals surface area contributed by atoms with E-state index in [1.54, 1.807) is 26.3 Å². The molecule has 4 amide bonds. The van der Waals surface area contributed by atoms with Crippen LogP contribution in [0.2, 0.25) is 0 Å². The van der Waals surface area contributed by atoms with Crippen molar-refractivity contribution in [2.24, 2.45) is 5.41 Å². The van der Waals surface area contributed by atoms with E-state index in [1.807, 2.05) is 31.2 Å². The third-order valence-corrected chi connectivity index (χ3v) is 14.3. The summed E-state index contributed by atoms with van der Waals surface area (Å²) in [6.07, 6.45) is -10.0. The number of hydrogen-bond donors (Lipinski definition) is 3. The number of unbranched alkanes of at least 4 members (excludes halogenated alkanes) is 1. The highest BCUT2D eigenvalue weighted by Gasteiger charge is 2.53. The zero-order valence-electron chi connectivity index (χ0n) is 42.7. The molecule has 0 spiro atoms. The van der Waals surface area contributed by atoms with Crippen LogP contribution in [-0.4, -0.2) is 98.8 Å². The molecule has 2 aliphatic heterocycles. The summed E-state index contributed by atoms with van der Waals surface area (Å²) in [6, 6.07) is 11.7. The van der Waals surface area contributed by atoms with Crippen molar-refractivity contribution in [3.8, 4) is 33.5 Å². The van der Waals surface area contributed by atoms with E-state index in [1.165, 1.54) is 42.2 Å². The lowest BCUT2D eigenvalue weighted by molar-refractivity contribution is -0.144. The smallest absolute Gasteiger partial charge is 0.420 e. The molecule has 0 saturated carbocycles. The number of anilines is 2. The summed E-state index contributed by atoms with van der Waals surface area (Å²) in [7, 11) is 0. The molecule has 3 N–H and O–H groups in total. The lowest BCUT2D eigenvalue weighted by atomic mass is 9.85. The fourth-order valence-corrected chi connectivity index (χ4v) is 10.3. The van der Waals surface area contributed by atoms with Crippen LogP contribution in [0.25, 0.3) is 21.7 Å². The number of pyridine rings is 1. The second-order valence-corrected chi connectivity index (χ2v) is 21.2. The third kappa shape index (κ3) is 12.6. The van der Waals surface area contributed by atoms with Crippen LogP contribution in [0.3, 0.4) is 0 Å². The molecule has 78 heavy (non-hydrogen) atoms. The number of carbonyl (C=O) groups excluding carboxylic acids is 4. The molecule has 414 valence electrons. The van der Waals surface area contributed by atoms with Gasteiger partial charge < -0.3 is 35.0 Å². The van der Waals surface area contributed by atoms with E-state index in [0.717, 1.165) is 51.0 Å². The summed E-state index contributed by atoms with van der Waals surface area (Å²) >= 11 is 6.88. The van der Waals surface area contributed by atoms with Crippen LogP contribution in [-0.2, 0) is 42.8 Å². The monoisotopic (exact) mass is 1130 g/mol. The number of aromatic nitrogens is 2. The first-order chi connectivity index (χ1) is 36.5. The number of likely N-dealkylation sites (tertiary alicyclic amines) is 1. The Kier molecular flexibility index (Phi) is 17.3. The van der Waals surface area contributed by atoms with Crippen LogP contribution < -0.4 is 25.2 Å². The number of thiocarbonyl (C=S) groups is 1. The molecule has 2 saturated heterocycles. The van der Waals surface area contributed by atoms with E-state index in [-0.39, 0.29) is 38.5 Å². The number of carbonyl (C=O) groups is 4. The number of β-amino-alcohol motifs (C(OH)–C–C–N with tert-alkyl or cyclic N) is 1. The van der Waals surface area contributed by atoms with Crippen molar-refractivity contribution in [1.82, 2.24) is 25.5 Å². The molecule has 2 aliphatic rings. The molecule has 0 aliphatic carbocycles. The van der Waals surface area contributed by atoms with Crippen LogP contribution in [0, 0.1) is 35.3 Å². The standard InChI is InChI=1S/C53H52F8N8O7S2/c1-28-44(78-27-65-28)30-11-9-29(10-12-30)23-64-46(72)39-20-33(70)25-67(39)47(73)45(50(2,3)4)66-40(71)26-75-17-7-8-18-76-34-14-15-35(37(54)21-34)43-36(52(56,57)58)19-32(24-63-43)69-49(77)68(48(74)51(69,5)6)38-16-13-31(22-62)41(42(38)55)53(59,60)61/h9-16,19,21,24,27,33,39,45,70H,7-8,17-18,20,23,25-26H2,1-6H3,(H,64,72)(H,66,71)/t33-,39+,45-/m1/s1. The maximum atomic E-state index is 15.6. The summed E-state index contributed by atoms with van der Waals surface area (Å²) in [6.45, 7) is 9.22. The van der Waals surface area contributed by atoms with Crippen molar-refractivity contribution in [3.63, 3.8) is 0 Å². The Morgan fingerprint density at radius 2 is 1.67 bits per heavy atom. The van der Waals surface area contributed by atoms with Crippen molar-refractivity contribution in [3.05, 3.63) is 112 Å². The molecule has 25 heteroatoms. The summed E-state index contributed by atoms with van der Waals surface area (Å²) in [5.41, 5.74) is -5.70. The summed E-state index contributed by atoms with van der Waals surface area (Å²) < 4.78 is 128. The second-order valence-electron chi connectivity index (χ2n) is 20.0. The predicted octanol–water partition coefficient (Wildman–Crippen LogP) is 9.27. The SMILES string of the molecule is Cc1ncsc1-c1ccc(CNC(=O)[C@@H]2C[C@@H](O)CN2C(=O)[C@@H](NC(=O)COCCCCOc2ccc(-c3ncc(N4C(=S)N(c5ccc(C#N)c(C(F)(F)F)c5F)C(=O)C4(C)C)cc3C(F)(F)F)c(F)c2)C(C)(C)C)cc1. The van der Waals surface area contributed by atoms with Crippen molar-refractivity contribution in [1.29, 1.82) is 5.26 Å². The summed E-state index contributed by atoms with van der Waals surface area (Å²) in [4.78, 5) is 65.9. The molecule has 4 heterocycles. The largest absolute Gasteiger partial charge is 0.493 e. The molecule has 0 radical (unpaired) electrons. The van der Waals surface area contributed by atoms with Gasteiger partial charge in [-0.05, 0) is 92.7 Å². The molecule has 0 unspecified atom stereocenters. The van der Waals surface area contributed by atoms with E-state index in [0.29, 0.717) is 29.9 Å². The Morgan fingerprint density at radius 3 is 2.28 bits per heavy atom. The zero-order valence-corrected chi connectivity index (χ0v) is 44.4. The number of thiazole rings is 1. The highest BCUT2D eigenvalue weighted by atomic mass is 32.1. The molecule has 5 aromatic rings. The zero-order chi connectivity index (χ0) is 57.2. The fraction of sp³-hybridized carbons (Fsp3) is 0.396. The molecule has 0 bridgehead atoms. The highest BCUT2D eigenvalue weighted by molar-refractivity contribution is 7.81. The van der Waals surface area contributed by atoms with Crippen molar-refractivity contribution in [2.75, 3.05) is 36.2 Å². The number of alkyl halides is 6. The van der Waals surface area contributed by atoms with Gasteiger partial charge in [0.2, 0.25) is 17.7 Å². The minimum Gasteiger partial charge on any atom is -0.493 e. The number of ether oxygens (including phenoxy) is 2. The number of aliphatic hydroxyl groups excluding tert-OH is 1. The number of nitrogens with one attached hydrogen (secondary N) is 2. The molecule has 3 atom stereocenters. The average molecular weight is 1130 g/mol. The maximum Gasteiger partial charge on any atom is 0.420 e. The summed E-state index contributed by atoms with van der Waals surface area (Å²) in [5, 5.41) is 24.6. The molecule has 3 aromatic carbocycles. The Bertz CT molecular complexity index is 3160. The number of aryl methyl sites for hydroxylation is 1. The molecular weight excluding hydrogens is 1080 g/mol. The molecule has 2 aromatic heterocycles. The Labute approximate surface area is 452 Å². The van der Waals surface area contributed by atoms with Gasteiger partial charge in [0.05, 0.1) is 69.3 Å². The van der Waals surface area contributed by atoms with E-state index in [4.69, 9.17) is 21.7 Å². The van der Waals surface area contributed by atoms with Gasteiger partial charge in [0.25, 0.3) is 5.91 Å². The van der Waals surface area contributed by atoms with Gasteiger partial charge in [-0.1, -0.05) is 45.0 Å². The van der Waals surface area contributed by atoms with Gasteiger partial charge in [-0.3, -0.25) is 29.1 Å². The minimum atomic E-state index is -5.37. The van der Waals surface area contributed by atoms with Crippen LogP contribution in [0.5, 0.6) is 5.75 Å². The van der Waals surface area contributed by atoms with E-state index >= 15 is 8.78 Å². The third-order valence-electron chi connectivity index (χ3n) is 13.0. The van der Waals surface area contributed by atoms with Crippen LogP contribution in [0.4, 0.5) is 46.5 Å². The first-order valence-electron chi connectivity index (χ1n) is 24.2. The number of amides is 4. The minimum absolute atomic E-state index is 0.00319. The molecular formula is C53H52F8N8O7S2. The average Bonchev–Trinajstić information content (AvgIpc) is 4.07. The number of nitrogens with zero attached hydrogens (tertiary/aromatic N) is 6. The Morgan fingerprint density at radius 1 is 0.974 bits per heavy atom. The quantitative estimate of drug-likeness (QED) is 0.0455. The first-order valence-corrected chi connectivity index (χ1v) is 25.4. The van der Waals surface area contributed by atoms with Crippen LogP contribution >= 0.6 is 23.6 Å². The number of aliphatic hydroxyl groups is 1. The number of halogens is 8. The topological polar surface area (TPSA) is 190 Å². The van der Waals surface area contributed by atoms with Crippen LogP contribution in [0.15, 0.2) is 72.4 Å². The van der Waals surface area contributed by atoms with E-state index in [9.17, 15) is 55.9 Å². The van der Waals surface area contributed by atoms with Gasteiger partial charge in [-0.15, -0.1) is 11.3 Å². The summed E-state index contributed by atoms with van der Waals surface area (Å²) in [5.74, 6) is -5.95. The number of nitriles is 1. The molecule has 2 fully saturated rings. The molecule has 15 nitrogen and oxygen atoms in total. The van der Waals surface area contributed by atoms with E-state index in [2.05, 4.69) is 20.6 Å². The van der Waals surface area contributed by atoms with Crippen molar-refractivity contribution in [2.45, 2.75) is 103 Å². The Balaban J connectivity index is 0.909. The van der Waals surface area contributed by atoms with Gasteiger partial charge in [0, 0.05) is 37.7 Å². The van der Waals surface area contributed by atoms with Gasteiger partial charge in [-0.25, -0.2) is 13.8 Å². The highest BCUT2D eigenvalue weighted by Crippen LogP contribution is 2.45. The maximum absolute atomic E-state index is 15.6. The lowest BCUT2D eigenvalue weighted by Crippen LogP contribution is -2.58.